The highest BCUT2D eigenvalue weighted by Crippen LogP contribution is 2.28. The van der Waals surface area contributed by atoms with E-state index in [0.29, 0.717) is 24.6 Å². The predicted molar refractivity (Wildman–Crippen MR) is 117 cm³/mol. The number of carbonyl (C=O) groups is 1. The van der Waals surface area contributed by atoms with Gasteiger partial charge >= 0.3 is 0 Å². The summed E-state index contributed by atoms with van der Waals surface area (Å²) in [6.45, 7) is 2.57. The summed E-state index contributed by atoms with van der Waals surface area (Å²) < 4.78 is 1.75. The fourth-order valence-electron chi connectivity index (χ4n) is 3.96. The van der Waals surface area contributed by atoms with Gasteiger partial charge in [0.15, 0.2) is 5.82 Å². The Morgan fingerprint density at radius 1 is 1.03 bits per heavy atom. The summed E-state index contributed by atoms with van der Waals surface area (Å²) in [5.41, 5.74) is 2.68. The van der Waals surface area contributed by atoms with Crippen LogP contribution in [-0.4, -0.2) is 38.2 Å². The van der Waals surface area contributed by atoms with Gasteiger partial charge in [-0.25, -0.2) is 9.97 Å². The number of benzene rings is 2. The van der Waals surface area contributed by atoms with E-state index in [1.54, 1.807) is 9.58 Å². The van der Waals surface area contributed by atoms with Crippen LogP contribution in [0.4, 0.5) is 11.6 Å². The van der Waals surface area contributed by atoms with Crippen LogP contribution >= 0.6 is 0 Å². The first-order valence-electron chi connectivity index (χ1n) is 10.0. The van der Waals surface area contributed by atoms with Crippen LogP contribution in [0.2, 0.25) is 0 Å². The van der Waals surface area contributed by atoms with Crippen molar-refractivity contribution in [2.45, 2.75) is 19.4 Å². The van der Waals surface area contributed by atoms with Crippen LogP contribution < -0.4 is 10.2 Å². The van der Waals surface area contributed by atoms with Crippen LogP contribution in [0.15, 0.2) is 60.7 Å². The first-order valence-corrected chi connectivity index (χ1v) is 10.0. The topological polar surface area (TPSA) is 75.9 Å². The van der Waals surface area contributed by atoms with Crippen LogP contribution in [0.5, 0.6) is 0 Å². The zero-order chi connectivity index (χ0) is 20.7. The number of para-hydroxylation sites is 1. The van der Waals surface area contributed by atoms with Gasteiger partial charge in [0.1, 0.15) is 17.7 Å². The first kappa shape index (κ1) is 18.3. The van der Waals surface area contributed by atoms with E-state index in [2.05, 4.69) is 10.4 Å². The average Bonchev–Trinajstić information content (AvgIpc) is 3.29. The van der Waals surface area contributed by atoms with Crippen LogP contribution in [0, 0.1) is 6.92 Å². The van der Waals surface area contributed by atoms with E-state index in [0.717, 1.165) is 28.0 Å². The second kappa shape index (κ2) is 7.26. The van der Waals surface area contributed by atoms with Crippen molar-refractivity contribution in [2.24, 2.45) is 7.05 Å². The normalized spacial score (nSPS) is 16.4. The Morgan fingerprint density at radius 3 is 2.57 bits per heavy atom. The molecule has 5 rings (SSSR count). The van der Waals surface area contributed by atoms with Crippen molar-refractivity contribution in [1.82, 2.24) is 19.7 Å². The fraction of sp³-hybridized carbons (Fsp3) is 0.217. The predicted octanol–water partition coefficient (Wildman–Crippen LogP) is 3.56. The number of carbonyl (C=O) groups excluding carboxylic acids is 1. The van der Waals surface area contributed by atoms with E-state index in [1.807, 2.05) is 74.6 Å². The van der Waals surface area contributed by atoms with E-state index in [9.17, 15) is 4.79 Å². The van der Waals surface area contributed by atoms with Crippen molar-refractivity contribution in [3.8, 4) is 11.4 Å². The third-order valence-electron chi connectivity index (χ3n) is 5.41. The number of nitrogens with zero attached hydrogens (tertiary/aromatic N) is 5. The number of hydrogen-bond acceptors (Lipinski definition) is 5. The smallest absolute Gasteiger partial charge is 0.250 e. The zero-order valence-corrected chi connectivity index (χ0v) is 16.9. The molecule has 1 atom stereocenters. The molecule has 1 saturated heterocycles. The van der Waals surface area contributed by atoms with Gasteiger partial charge < -0.3 is 5.32 Å². The first-order chi connectivity index (χ1) is 14.6. The molecular formula is C23H22N6O. The molecule has 3 heterocycles. The largest absolute Gasteiger partial charge is 0.358 e. The highest BCUT2D eigenvalue weighted by molar-refractivity contribution is 6.01. The van der Waals surface area contributed by atoms with E-state index in [-0.39, 0.29) is 11.9 Å². The SMILES string of the molecule is Cc1cc(N2CCC(Nc3nc(-c4ccccc4)nc4ccccc34)C2=O)n(C)n1. The molecule has 150 valence electrons. The summed E-state index contributed by atoms with van der Waals surface area (Å²) >= 11 is 0. The molecular weight excluding hydrogens is 376 g/mol. The number of rotatable bonds is 4. The van der Waals surface area contributed by atoms with Gasteiger partial charge in [-0.15, -0.1) is 0 Å². The van der Waals surface area contributed by atoms with Crippen LogP contribution in [0.3, 0.4) is 0 Å². The zero-order valence-electron chi connectivity index (χ0n) is 16.9. The van der Waals surface area contributed by atoms with Crippen molar-refractivity contribution in [2.75, 3.05) is 16.8 Å². The summed E-state index contributed by atoms with van der Waals surface area (Å²) in [6.07, 6.45) is 0.696. The molecule has 1 fully saturated rings. The molecule has 1 N–H and O–H groups in total. The molecule has 0 radical (unpaired) electrons. The number of fused-ring (bicyclic) bond motifs is 1. The minimum Gasteiger partial charge on any atom is -0.358 e. The maximum atomic E-state index is 13.1. The Balaban J connectivity index is 1.49. The third-order valence-corrected chi connectivity index (χ3v) is 5.41. The van der Waals surface area contributed by atoms with Crippen LogP contribution in [-0.2, 0) is 11.8 Å². The number of nitrogens with one attached hydrogen (secondary N) is 1. The Kier molecular flexibility index (Phi) is 4.43. The van der Waals surface area contributed by atoms with E-state index < -0.39 is 0 Å². The molecule has 1 unspecified atom stereocenters. The second-order valence-corrected chi connectivity index (χ2v) is 7.52. The highest BCUT2D eigenvalue weighted by atomic mass is 16.2. The fourth-order valence-corrected chi connectivity index (χ4v) is 3.96. The molecule has 0 aliphatic carbocycles. The maximum absolute atomic E-state index is 13.1. The standard InChI is InChI=1S/C23H22N6O/c1-15-14-20(28(2)27-15)29-13-12-19(23(29)30)25-22-17-10-6-7-11-18(17)24-21(26-22)16-8-4-3-5-9-16/h3-11,14,19H,12-13H2,1-2H3,(H,24,25,26). The molecule has 2 aromatic heterocycles. The Morgan fingerprint density at radius 2 is 1.80 bits per heavy atom. The number of amides is 1. The number of hydrogen-bond donors (Lipinski definition) is 1. The molecule has 1 amide bonds. The van der Waals surface area contributed by atoms with Crippen molar-refractivity contribution in [3.63, 3.8) is 0 Å². The van der Waals surface area contributed by atoms with Gasteiger partial charge in [-0.3, -0.25) is 14.4 Å². The summed E-state index contributed by atoms with van der Waals surface area (Å²) in [4.78, 5) is 24.4. The quantitative estimate of drug-likeness (QED) is 0.569. The van der Waals surface area contributed by atoms with E-state index >= 15 is 0 Å². The van der Waals surface area contributed by atoms with Crippen molar-refractivity contribution in [3.05, 3.63) is 66.4 Å². The minimum atomic E-state index is -0.345. The molecule has 2 aromatic carbocycles. The molecule has 4 aromatic rings. The lowest BCUT2D eigenvalue weighted by Crippen LogP contribution is -2.34. The Hall–Kier alpha value is -3.74. The van der Waals surface area contributed by atoms with Crippen molar-refractivity contribution >= 4 is 28.4 Å². The summed E-state index contributed by atoms with van der Waals surface area (Å²) in [5, 5.41) is 8.67. The van der Waals surface area contributed by atoms with Gasteiger partial charge in [-0.05, 0) is 25.5 Å². The lowest BCUT2D eigenvalue weighted by molar-refractivity contribution is -0.117. The number of anilines is 2. The van der Waals surface area contributed by atoms with Gasteiger partial charge in [-0.1, -0.05) is 42.5 Å². The molecule has 7 heteroatoms. The lowest BCUT2D eigenvalue weighted by atomic mass is 10.1. The third kappa shape index (κ3) is 3.18. The molecule has 1 aliphatic rings. The number of aromatic nitrogens is 4. The van der Waals surface area contributed by atoms with Gasteiger partial charge in [-0.2, -0.15) is 5.10 Å². The second-order valence-electron chi connectivity index (χ2n) is 7.52. The van der Waals surface area contributed by atoms with E-state index in [1.165, 1.54) is 0 Å². The van der Waals surface area contributed by atoms with Crippen LogP contribution in [0.1, 0.15) is 12.1 Å². The summed E-state index contributed by atoms with van der Waals surface area (Å²) in [6, 6.07) is 19.3. The maximum Gasteiger partial charge on any atom is 0.250 e. The van der Waals surface area contributed by atoms with Crippen LogP contribution in [0.25, 0.3) is 22.3 Å². The molecule has 0 saturated carbocycles. The van der Waals surface area contributed by atoms with Gasteiger partial charge in [0.2, 0.25) is 0 Å². The Bertz CT molecular complexity index is 1230. The van der Waals surface area contributed by atoms with E-state index in [4.69, 9.17) is 9.97 Å². The molecule has 1 aliphatic heterocycles. The monoisotopic (exact) mass is 398 g/mol. The summed E-state index contributed by atoms with van der Waals surface area (Å²) in [5.74, 6) is 2.17. The van der Waals surface area contributed by atoms with Gasteiger partial charge in [0.25, 0.3) is 5.91 Å². The molecule has 0 bridgehead atoms. The summed E-state index contributed by atoms with van der Waals surface area (Å²) in [7, 11) is 1.86. The lowest BCUT2D eigenvalue weighted by Gasteiger charge is -2.18. The van der Waals surface area contributed by atoms with Crippen molar-refractivity contribution in [1.29, 1.82) is 0 Å². The Labute approximate surface area is 174 Å². The minimum absolute atomic E-state index is 0.0296. The molecule has 0 spiro atoms. The van der Waals surface area contributed by atoms with Gasteiger partial charge in [0.05, 0.1) is 11.2 Å². The highest BCUT2D eigenvalue weighted by Gasteiger charge is 2.34. The van der Waals surface area contributed by atoms with Gasteiger partial charge in [0, 0.05) is 30.6 Å². The number of aryl methyl sites for hydroxylation is 2. The van der Waals surface area contributed by atoms with Crippen molar-refractivity contribution < 1.29 is 4.79 Å². The molecule has 30 heavy (non-hydrogen) atoms. The average molecular weight is 398 g/mol. The molecule has 7 nitrogen and oxygen atoms in total.